The van der Waals surface area contributed by atoms with Crippen LogP contribution >= 0.6 is 11.6 Å². The summed E-state index contributed by atoms with van der Waals surface area (Å²) in [5.41, 5.74) is 7.21. The molecule has 0 saturated carbocycles. The Morgan fingerprint density at radius 3 is 2.49 bits per heavy atom. The molecule has 45 heavy (non-hydrogen) atoms. The number of fused-ring (bicyclic) bond motifs is 1. The van der Waals surface area contributed by atoms with Gasteiger partial charge in [-0.25, -0.2) is 5.43 Å². The van der Waals surface area contributed by atoms with E-state index in [1.807, 2.05) is 42.5 Å². The van der Waals surface area contributed by atoms with E-state index in [0.717, 1.165) is 22.6 Å². The first kappa shape index (κ1) is 29.7. The fraction of sp³-hybridized carbons (Fsp3) is 0.176. The molecule has 1 N–H and O–H groups in total. The third-order valence-electron chi connectivity index (χ3n) is 7.09. The van der Waals surface area contributed by atoms with E-state index in [-0.39, 0.29) is 25.8 Å². The lowest BCUT2D eigenvalue weighted by molar-refractivity contribution is 0.0923. The molecule has 3 aromatic carbocycles. The molecule has 5 aromatic rings. The zero-order valence-corrected chi connectivity index (χ0v) is 25.6. The molecule has 0 fully saturated rings. The van der Waals surface area contributed by atoms with Crippen LogP contribution in [0.3, 0.4) is 0 Å². The number of methoxy groups -OCH3 is 1. The lowest BCUT2D eigenvalue weighted by atomic mass is 10.2. The van der Waals surface area contributed by atoms with E-state index < -0.39 is 5.91 Å². The standard InChI is InChI=1S/C34H30ClN3O7/c1-21-4-5-22(2)38(21)26-7-9-27(10-8-26)41-19-28-11-13-30(45-28)34(39)37-36-17-24-15-25(35)16-32(40-3)33(24)42-18-23-6-12-29-31(14-23)44-20-43-29/h4-17H,18-20H2,1-3H3,(H,37,39). The summed E-state index contributed by atoms with van der Waals surface area (Å²) in [7, 11) is 1.51. The Kier molecular flexibility index (Phi) is 8.65. The molecule has 0 atom stereocenters. The van der Waals surface area contributed by atoms with Gasteiger partial charge >= 0.3 is 5.91 Å². The minimum Gasteiger partial charge on any atom is -0.493 e. The van der Waals surface area contributed by atoms with Crippen molar-refractivity contribution in [3.05, 3.63) is 118 Å². The van der Waals surface area contributed by atoms with Crippen molar-refractivity contribution < 1.29 is 32.9 Å². The average molecular weight is 628 g/mol. The number of carbonyl (C=O) groups is 1. The van der Waals surface area contributed by atoms with E-state index >= 15 is 0 Å². The molecule has 10 nitrogen and oxygen atoms in total. The monoisotopic (exact) mass is 627 g/mol. The number of aromatic nitrogens is 1. The Labute approximate surface area is 264 Å². The Morgan fingerprint density at radius 2 is 1.71 bits per heavy atom. The highest BCUT2D eigenvalue weighted by Crippen LogP contribution is 2.36. The number of nitrogens with one attached hydrogen (secondary N) is 1. The average Bonchev–Trinajstić information content (AvgIpc) is 3.79. The fourth-order valence-electron chi connectivity index (χ4n) is 4.89. The van der Waals surface area contributed by atoms with Crippen LogP contribution in [0.4, 0.5) is 0 Å². The van der Waals surface area contributed by atoms with Crippen LogP contribution in [0, 0.1) is 13.8 Å². The van der Waals surface area contributed by atoms with Crippen molar-refractivity contribution in [2.24, 2.45) is 5.10 Å². The van der Waals surface area contributed by atoms with Gasteiger partial charge in [0.25, 0.3) is 0 Å². The Balaban J connectivity index is 1.06. The summed E-state index contributed by atoms with van der Waals surface area (Å²) < 4.78 is 36.1. The third-order valence-corrected chi connectivity index (χ3v) is 7.31. The van der Waals surface area contributed by atoms with Crippen LogP contribution in [0.1, 0.15) is 38.8 Å². The van der Waals surface area contributed by atoms with E-state index in [1.165, 1.54) is 13.3 Å². The number of ether oxygens (including phenoxy) is 5. The second-order valence-electron chi connectivity index (χ2n) is 10.2. The first-order chi connectivity index (χ1) is 21.9. The van der Waals surface area contributed by atoms with E-state index in [2.05, 4.69) is 41.1 Å². The molecule has 0 bridgehead atoms. The van der Waals surface area contributed by atoms with Gasteiger partial charge in [0.1, 0.15) is 24.7 Å². The van der Waals surface area contributed by atoms with Crippen molar-refractivity contribution in [3.8, 4) is 34.4 Å². The molecule has 0 saturated heterocycles. The zero-order valence-electron chi connectivity index (χ0n) is 24.8. The molecule has 0 radical (unpaired) electrons. The molecule has 230 valence electrons. The molecular formula is C34H30ClN3O7. The highest BCUT2D eigenvalue weighted by atomic mass is 35.5. The van der Waals surface area contributed by atoms with Gasteiger partial charge in [-0.3, -0.25) is 4.79 Å². The van der Waals surface area contributed by atoms with Crippen molar-refractivity contribution in [1.82, 2.24) is 9.99 Å². The minimum absolute atomic E-state index is 0.0858. The van der Waals surface area contributed by atoms with Gasteiger partial charge in [0.15, 0.2) is 28.8 Å². The largest absolute Gasteiger partial charge is 0.493 e. The summed E-state index contributed by atoms with van der Waals surface area (Å²) in [6.07, 6.45) is 1.43. The van der Waals surface area contributed by atoms with E-state index in [9.17, 15) is 4.79 Å². The summed E-state index contributed by atoms with van der Waals surface area (Å²) in [5, 5.41) is 4.51. The van der Waals surface area contributed by atoms with Gasteiger partial charge in [-0.15, -0.1) is 0 Å². The normalized spacial score (nSPS) is 12.0. The smallest absolute Gasteiger partial charge is 0.307 e. The molecule has 0 aliphatic carbocycles. The van der Waals surface area contributed by atoms with Crippen molar-refractivity contribution in [2.45, 2.75) is 27.1 Å². The van der Waals surface area contributed by atoms with E-state index in [1.54, 1.807) is 24.3 Å². The number of hydrogen-bond acceptors (Lipinski definition) is 8. The fourth-order valence-corrected chi connectivity index (χ4v) is 5.11. The summed E-state index contributed by atoms with van der Waals surface area (Å²) in [6, 6.07) is 24.1. The third kappa shape index (κ3) is 6.76. The molecular weight excluding hydrogens is 598 g/mol. The maximum atomic E-state index is 12.7. The van der Waals surface area contributed by atoms with Crippen molar-refractivity contribution in [1.29, 1.82) is 0 Å². The Morgan fingerprint density at radius 1 is 0.933 bits per heavy atom. The lowest BCUT2D eigenvalue weighted by Crippen LogP contribution is -2.17. The molecule has 1 aliphatic rings. The van der Waals surface area contributed by atoms with Crippen LogP contribution in [-0.2, 0) is 13.2 Å². The predicted molar refractivity (Wildman–Crippen MR) is 168 cm³/mol. The van der Waals surface area contributed by atoms with Crippen molar-refractivity contribution in [3.63, 3.8) is 0 Å². The van der Waals surface area contributed by atoms with Crippen LogP contribution < -0.4 is 29.1 Å². The quantitative estimate of drug-likeness (QED) is 0.124. The van der Waals surface area contributed by atoms with Crippen LogP contribution in [0.5, 0.6) is 28.7 Å². The van der Waals surface area contributed by atoms with Crippen LogP contribution in [0.15, 0.2) is 88.4 Å². The number of hydrogen-bond donors (Lipinski definition) is 1. The number of carbonyl (C=O) groups excluding carboxylic acids is 1. The Hall–Kier alpha value is -5.35. The number of aryl methyl sites for hydroxylation is 2. The van der Waals surface area contributed by atoms with Gasteiger partial charge < -0.3 is 32.7 Å². The number of rotatable bonds is 11. The molecule has 6 rings (SSSR count). The number of amides is 1. The zero-order chi connectivity index (χ0) is 31.3. The van der Waals surface area contributed by atoms with Crippen LogP contribution in [-0.4, -0.2) is 30.6 Å². The van der Waals surface area contributed by atoms with Gasteiger partial charge in [-0.1, -0.05) is 17.7 Å². The lowest BCUT2D eigenvalue weighted by Gasteiger charge is -2.14. The maximum Gasteiger partial charge on any atom is 0.307 e. The number of halogens is 1. The van der Waals surface area contributed by atoms with Gasteiger partial charge in [-0.2, -0.15) is 5.10 Å². The SMILES string of the molecule is COc1cc(Cl)cc(C=NNC(=O)c2ccc(COc3ccc(-n4c(C)ccc4C)cc3)o2)c1OCc1ccc2c(c1)OCO2. The van der Waals surface area contributed by atoms with Gasteiger partial charge in [0, 0.05) is 33.7 Å². The number of nitrogens with zero attached hydrogens (tertiary/aromatic N) is 2. The molecule has 1 aliphatic heterocycles. The summed E-state index contributed by atoms with van der Waals surface area (Å²) >= 11 is 6.30. The maximum absolute atomic E-state index is 12.7. The van der Waals surface area contributed by atoms with Gasteiger partial charge in [-0.05, 0) is 86.1 Å². The number of furan rings is 1. The molecule has 0 unspecified atom stereocenters. The highest BCUT2D eigenvalue weighted by Gasteiger charge is 2.17. The molecule has 2 aromatic heterocycles. The number of hydrazone groups is 1. The molecule has 0 spiro atoms. The molecule has 11 heteroatoms. The van der Waals surface area contributed by atoms with Gasteiger partial charge in [0.05, 0.1) is 13.3 Å². The van der Waals surface area contributed by atoms with Crippen LogP contribution in [0.25, 0.3) is 5.69 Å². The minimum atomic E-state index is -0.531. The van der Waals surface area contributed by atoms with Gasteiger partial charge in [0.2, 0.25) is 6.79 Å². The van der Waals surface area contributed by atoms with Crippen molar-refractivity contribution in [2.75, 3.05) is 13.9 Å². The van der Waals surface area contributed by atoms with Crippen molar-refractivity contribution >= 4 is 23.7 Å². The summed E-state index contributed by atoms with van der Waals surface area (Å²) in [5.74, 6) is 2.89. The summed E-state index contributed by atoms with van der Waals surface area (Å²) in [4.78, 5) is 12.7. The second-order valence-corrected chi connectivity index (χ2v) is 10.6. The van der Waals surface area contributed by atoms with E-state index in [0.29, 0.717) is 45.1 Å². The Bertz CT molecular complexity index is 1840. The summed E-state index contributed by atoms with van der Waals surface area (Å²) in [6.45, 7) is 4.70. The topological polar surface area (TPSA) is 106 Å². The van der Waals surface area contributed by atoms with E-state index in [4.69, 9.17) is 39.7 Å². The first-order valence-electron chi connectivity index (χ1n) is 14.1. The molecule has 3 heterocycles. The van der Waals surface area contributed by atoms with Crippen LogP contribution in [0.2, 0.25) is 5.02 Å². The highest BCUT2D eigenvalue weighted by molar-refractivity contribution is 6.31. The molecule has 1 amide bonds. The second kappa shape index (κ2) is 13.1. The number of benzene rings is 3. The first-order valence-corrected chi connectivity index (χ1v) is 14.4. The predicted octanol–water partition coefficient (Wildman–Crippen LogP) is 7.00.